The second-order valence-corrected chi connectivity index (χ2v) is 7.79. The van der Waals surface area contributed by atoms with Gasteiger partial charge in [-0.1, -0.05) is 29.5 Å². The first-order chi connectivity index (χ1) is 13.5. The molecule has 0 aliphatic heterocycles. The molecule has 1 atom stereocenters. The predicted molar refractivity (Wildman–Crippen MR) is 110 cm³/mol. The molecule has 0 spiro atoms. The number of benzene rings is 2. The van der Waals surface area contributed by atoms with Crippen molar-refractivity contribution in [3.05, 3.63) is 70.5 Å². The van der Waals surface area contributed by atoms with Crippen LogP contribution < -0.4 is 0 Å². The standard InChI is InChI=1S/C25H24O3/c1-4-27-24(26)25(3)14-13-20-21-15-19(11-12-22(21)28-23(20)16-25)10-9-18-7-5-17(2)6-8-18/h5-8,11-12,15H,4,13-14,16H2,1-3H3. The molecule has 4 rings (SSSR count). The van der Waals surface area contributed by atoms with Gasteiger partial charge in [-0.05, 0) is 63.9 Å². The molecule has 28 heavy (non-hydrogen) atoms. The molecule has 0 saturated heterocycles. The van der Waals surface area contributed by atoms with E-state index in [2.05, 4.69) is 37.0 Å². The maximum Gasteiger partial charge on any atom is 0.312 e. The van der Waals surface area contributed by atoms with E-state index >= 15 is 0 Å². The maximum absolute atomic E-state index is 12.4. The molecule has 0 amide bonds. The average molecular weight is 372 g/mol. The number of esters is 1. The smallest absolute Gasteiger partial charge is 0.312 e. The van der Waals surface area contributed by atoms with Crippen molar-refractivity contribution in [3.63, 3.8) is 0 Å². The summed E-state index contributed by atoms with van der Waals surface area (Å²) in [4.78, 5) is 12.4. The zero-order valence-corrected chi connectivity index (χ0v) is 16.6. The van der Waals surface area contributed by atoms with Gasteiger partial charge in [-0.15, -0.1) is 0 Å². The Morgan fingerprint density at radius 1 is 1.14 bits per heavy atom. The molecule has 1 unspecified atom stereocenters. The molecular formula is C25H24O3. The number of hydrogen-bond donors (Lipinski definition) is 0. The highest BCUT2D eigenvalue weighted by Gasteiger charge is 2.40. The van der Waals surface area contributed by atoms with Gasteiger partial charge in [-0.25, -0.2) is 0 Å². The Labute approximate surface area is 165 Å². The summed E-state index contributed by atoms with van der Waals surface area (Å²) in [6.07, 6.45) is 2.17. The van der Waals surface area contributed by atoms with Crippen molar-refractivity contribution in [3.8, 4) is 11.8 Å². The van der Waals surface area contributed by atoms with Gasteiger partial charge in [0, 0.05) is 28.5 Å². The van der Waals surface area contributed by atoms with E-state index in [1.54, 1.807) is 0 Å². The quantitative estimate of drug-likeness (QED) is 0.458. The normalized spacial score (nSPS) is 18.2. The van der Waals surface area contributed by atoms with Crippen LogP contribution >= 0.6 is 0 Å². The first-order valence-electron chi connectivity index (χ1n) is 9.79. The SMILES string of the molecule is CCOC(=O)C1(C)CCc2c(oc3ccc(C#Cc4ccc(C)cc4)cc23)C1. The van der Waals surface area contributed by atoms with E-state index in [1.165, 1.54) is 11.1 Å². The molecule has 1 aliphatic carbocycles. The number of furan rings is 1. The topological polar surface area (TPSA) is 39.4 Å². The highest BCUT2D eigenvalue weighted by atomic mass is 16.5. The van der Waals surface area contributed by atoms with Crippen LogP contribution in [0.5, 0.6) is 0 Å². The van der Waals surface area contributed by atoms with Gasteiger partial charge in [0.05, 0.1) is 12.0 Å². The summed E-state index contributed by atoms with van der Waals surface area (Å²) in [6.45, 7) is 6.29. The van der Waals surface area contributed by atoms with Crippen LogP contribution in [0, 0.1) is 24.2 Å². The van der Waals surface area contributed by atoms with E-state index in [4.69, 9.17) is 9.15 Å². The molecule has 1 aromatic heterocycles. The van der Waals surface area contributed by atoms with Gasteiger partial charge in [0.2, 0.25) is 0 Å². The fourth-order valence-corrected chi connectivity index (χ4v) is 3.80. The molecule has 1 aliphatic rings. The fourth-order valence-electron chi connectivity index (χ4n) is 3.80. The molecular weight excluding hydrogens is 348 g/mol. The van der Waals surface area contributed by atoms with Crippen molar-refractivity contribution in [1.82, 2.24) is 0 Å². The molecule has 3 nitrogen and oxygen atoms in total. The number of fused-ring (bicyclic) bond motifs is 3. The zero-order chi connectivity index (χ0) is 19.7. The third kappa shape index (κ3) is 3.43. The third-order valence-electron chi connectivity index (χ3n) is 5.52. The number of carbonyl (C=O) groups excluding carboxylic acids is 1. The van der Waals surface area contributed by atoms with Gasteiger partial charge in [0.1, 0.15) is 11.3 Å². The Kier molecular flexibility index (Phi) is 4.73. The summed E-state index contributed by atoms with van der Waals surface area (Å²) in [5.41, 5.74) is 4.76. The fraction of sp³-hybridized carbons (Fsp3) is 0.320. The number of carbonyl (C=O) groups is 1. The van der Waals surface area contributed by atoms with E-state index in [9.17, 15) is 4.79 Å². The number of aryl methyl sites for hydroxylation is 2. The first kappa shape index (κ1) is 18.4. The number of ether oxygens (including phenoxy) is 1. The minimum Gasteiger partial charge on any atom is -0.466 e. The van der Waals surface area contributed by atoms with Crippen molar-refractivity contribution in [2.24, 2.45) is 5.41 Å². The Balaban J connectivity index is 1.64. The largest absolute Gasteiger partial charge is 0.466 e. The van der Waals surface area contributed by atoms with Gasteiger partial charge in [0.15, 0.2) is 0 Å². The molecule has 2 aromatic carbocycles. The lowest BCUT2D eigenvalue weighted by molar-refractivity contribution is -0.155. The van der Waals surface area contributed by atoms with E-state index < -0.39 is 5.41 Å². The maximum atomic E-state index is 12.4. The summed E-state index contributed by atoms with van der Waals surface area (Å²) in [5.74, 6) is 7.25. The van der Waals surface area contributed by atoms with Gasteiger partial charge < -0.3 is 9.15 Å². The second-order valence-electron chi connectivity index (χ2n) is 7.79. The molecule has 0 N–H and O–H groups in total. The first-order valence-corrected chi connectivity index (χ1v) is 9.79. The van der Waals surface area contributed by atoms with E-state index in [0.717, 1.165) is 40.7 Å². The summed E-state index contributed by atoms with van der Waals surface area (Å²) < 4.78 is 11.4. The summed E-state index contributed by atoms with van der Waals surface area (Å²) in [7, 11) is 0. The molecule has 3 heteroatoms. The summed E-state index contributed by atoms with van der Waals surface area (Å²) in [5, 5.41) is 1.11. The van der Waals surface area contributed by atoms with Crippen LogP contribution in [0.2, 0.25) is 0 Å². The molecule has 0 fully saturated rings. The highest BCUT2D eigenvalue weighted by molar-refractivity contribution is 5.85. The van der Waals surface area contributed by atoms with Crippen molar-refractivity contribution < 1.29 is 13.9 Å². The van der Waals surface area contributed by atoms with Crippen LogP contribution in [0.15, 0.2) is 46.9 Å². The second kappa shape index (κ2) is 7.20. The van der Waals surface area contributed by atoms with Crippen LogP contribution in [0.25, 0.3) is 11.0 Å². The van der Waals surface area contributed by atoms with E-state index in [0.29, 0.717) is 13.0 Å². The Bertz CT molecular complexity index is 1090. The minimum atomic E-state index is -0.509. The monoisotopic (exact) mass is 372 g/mol. The average Bonchev–Trinajstić information content (AvgIpc) is 3.04. The van der Waals surface area contributed by atoms with Gasteiger partial charge >= 0.3 is 5.97 Å². The highest BCUT2D eigenvalue weighted by Crippen LogP contribution is 2.41. The molecule has 3 aromatic rings. The van der Waals surface area contributed by atoms with Crippen molar-refractivity contribution in [2.75, 3.05) is 6.61 Å². The van der Waals surface area contributed by atoms with E-state index in [-0.39, 0.29) is 5.97 Å². The molecule has 0 radical (unpaired) electrons. The predicted octanol–water partition coefficient (Wildman–Crippen LogP) is 5.20. The Morgan fingerprint density at radius 2 is 1.86 bits per heavy atom. The van der Waals surface area contributed by atoms with Crippen LogP contribution in [-0.2, 0) is 22.4 Å². The van der Waals surface area contributed by atoms with Crippen LogP contribution in [0.1, 0.15) is 48.3 Å². The molecule has 142 valence electrons. The van der Waals surface area contributed by atoms with Gasteiger partial charge in [0.25, 0.3) is 0 Å². The lowest BCUT2D eigenvalue weighted by atomic mass is 9.75. The lowest BCUT2D eigenvalue weighted by Crippen LogP contribution is -2.35. The van der Waals surface area contributed by atoms with Crippen molar-refractivity contribution >= 4 is 16.9 Å². The zero-order valence-electron chi connectivity index (χ0n) is 16.6. The van der Waals surface area contributed by atoms with Crippen molar-refractivity contribution in [1.29, 1.82) is 0 Å². The Morgan fingerprint density at radius 3 is 2.61 bits per heavy atom. The number of hydrogen-bond acceptors (Lipinski definition) is 3. The van der Waals surface area contributed by atoms with Crippen molar-refractivity contribution in [2.45, 2.75) is 40.0 Å². The van der Waals surface area contributed by atoms with Gasteiger partial charge in [-0.2, -0.15) is 0 Å². The third-order valence-corrected chi connectivity index (χ3v) is 5.52. The number of rotatable bonds is 2. The van der Waals surface area contributed by atoms with E-state index in [1.807, 2.05) is 38.1 Å². The van der Waals surface area contributed by atoms with Crippen LogP contribution in [-0.4, -0.2) is 12.6 Å². The van der Waals surface area contributed by atoms with Crippen LogP contribution in [0.3, 0.4) is 0 Å². The van der Waals surface area contributed by atoms with Gasteiger partial charge in [-0.3, -0.25) is 4.79 Å². The minimum absolute atomic E-state index is 0.134. The molecule has 0 saturated carbocycles. The summed E-state index contributed by atoms with van der Waals surface area (Å²) in [6, 6.07) is 14.3. The Hall–Kier alpha value is -2.99. The lowest BCUT2D eigenvalue weighted by Gasteiger charge is -2.30. The molecule has 1 heterocycles. The summed E-state index contributed by atoms with van der Waals surface area (Å²) >= 11 is 0. The molecule has 0 bridgehead atoms. The van der Waals surface area contributed by atoms with Crippen LogP contribution in [0.4, 0.5) is 0 Å².